The number of allylic oxidation sites excluding steroid dienone is 3. The molecule has 0 heterocycles. The van der Waals surface area contributed by atoms with Gasteiger partial charge in [-0.2, -0.15) is 0 Å². The van der Waals surface area contributed by atoms with Crippen LogP contribution in [0, 0.1) is 23.2 Å². The maximum Gasteiger partial charge on any atom is 0.357 e. The van der Waals surface area contributed by atoms with E-state index in [1.807, 2.05) is 32.9 Å². The molecule has 0 saturated carbocycles. The standard InChI is InChI=1S/C31H46N2O4/c1-9-10-11-12-22-16-25(36-30(34)28(32)19(4)5)27(24-15-21(8)13-14-23(24)18(2)3)26(17-22)37-31(35)29(33)20(6)7/h15-17,19-20,23-24,28,33H,2,9-14,32H2,1,3-8H3/t23-,24-,28-/m0/s1. The van der Waals surface area contributed by atoms with E-state index in [4.69, 9.17) is 20.6 Å². The van der Waals surface area contributed by atoms with Gasteiger partial charge in [-0.3, -0.25) is 5.41 Å². The normalized spacial score (nSPS) is 18.4. The van der Waals surface area contributed by atoms with E-state index in [1.165, 1.54) is 5.57 Å². The topological polar surface area (TPSA) is 102 Å². The summed E-state index contributed by atoms with van der Waals surface area (Å²) < 4.78 is 11.9. The zero-order valence-electron chi connectivity index (χ0n) is 23.8. The number of rotatable bonds is 12. The van der Waals surface area contributed by atoms with Crippen LogP contribution in [-0.4, -0.2) is 23.7 Å². The predicted molar refractivity (Wildman–Crippen MR) is 150 cm³/mol. The highest BCUT2D eigenvalue weighted by Gasteiger charge is 2.33. The van der Waals surface area contributed by atoms with Crippen LogP contribution in [0.5, 0.6) is 11.5 Å². The molecule has 6 heteroatoms. The molecule has 0 unspecified atom stereocenters. The van der Waals surface area contributed by atoms with E-state index in [1.54, 1.807) is 13.8 Å². The summed E-state index contributed by atoms with van der Waals surface area (Å²) >= 11 is 0. The smallest absolute Gasteiger partial charge is 0.357 e. The Kier molecular flexibility index (Phi) is 11.3. The van der Waals surface area contributed by atoms with Crippen molar-refractivity contribution in [2.75, 3.05) is 0 Å². The first-order valence-electron chi connectivity index (χ1n) is 13.6. The van der Waals surface area contributed by atoms with Crippen molar-refractivity contribution in [1.82, 2.24) is 0 Å². The van der Waals surface area contributed by atoms with Gasteiger partial charge >= 0.3 is 11.9 Å². The van der Waals surface area contributed by atoms with Crippen LogP contribution < -0.4 is 15.2 Å². The predicted octanol–water partition coefficient (Wildman–Crippen LogP) is 6.91. The molecule has 0 aliphatic heterocycles. The molecule has 0 saturated heterocycles. The third-order valence-electron chi connectivity index (χ3n) is 7.15. The number of esters is 2. The Bertz CT molecular complexity index is 1040. The fourth-order valence-electron chi connectivity index (χ4n) is 4.62. The molecule has 1 aliphatic rings. The van der Waals surface area contributed by atoms with Crippen molar-refractivity contribution in [1.29, 1.82) is 5.41 Å². The van der Waals surface area contributed by atoms with Gasteiger partial charge in [0.15, 0.2) is 0 Å². The zero-order valence-corrected chi connectivity index (χ0v) is 23.8. The van der Waals surface area contributed by atoms with Gasteiger partial charge in [-0.05, 0) is 69.1 Å². The second-order valence-electron chi connectivity index (χ2n) is 11.1. The molecule has 204 valence electrons. The lowest BCUT2D eigenvalue weighted by Gasteiger charge is -2.33. The Morgan fingerprint density at radius 1 is 1.14 bits per heavy atom. The molecule has 1 aromatic carbocycles. The lowest BCUT2D eigenvalue weighted by atomic mass is 9.73. The number of benzene rings is 1. The number of ether oxygens (including phenoxy) is 2. The van der Waals surface area contributed by atoms with Crippen LogP contribution in [0.4, 0.5) is 0 Å². The fraction of sp³-hybridized carbons (Fsp3) is 0.581. The van der Waals surface area contributed by atoms with Crippen molar-refractivity contribution in [2.24, 2.45) is 23.5 Å². The maximum atomic E-state index is 13.0. The average Bonchev–Trinajstić information content (AvgIpc) is 2.82. The summed E-state index contributed by atoms with van der Waals surface area (Å²) in [5.41, 5.74) is 9.84. The summed E-state index contributed by atoms with van der Waals surface area (Å²) in [5.74, 6) is -0.960. The van der Waals surface area contributed by atoms with Gasteiger partial charge in [-0.1, -0.05) is 71.3 Å². The third kappa shape index (κ3) is 8.13. The molecule has 1 aliphatic carbocycles. The number of hydrogen-bond acceptors (Lipinski definition) is 6. The minimum Gasteiger partial charge on any atom is -0.425 e. The zero-order chi connectivity index (χ0) is 27.9. The first-order valence-corrected chi connectivity index (χ1v) is 13.6. The summed E-state index contributed by atoms with van der Waals surface area (Å²) in [6.07, 6.45) is 7.86. The molecule has 0 spiro atoms. The second kappa shape index (κ2) is 13.7. The Labute approximate surface area is 223 Å². The summed E-state index contributed by atoms with van der Waals surface area (Å²) in [6.45, 7) is 17.8. The number of nitrogens with two attached hydrogens (primary N) is 1. The molecular weight excluding hydrogens is 464 g/mol. The number of unbranched alkanes of at least 4 members (excludes halogenated alkanes) is 2. The van der Waals surface area contributed by atoms with E-state index in [9.17, 15) is 9.59 Å². The van der Waals surface area contributed by atoms with Crippen LogP contribution >= 0.6 is 0 Å². The molecule has 0 amide bonds. The highest BCUT2D eigenvalue weighted by atomic mass is 16.5. The van der Waals surface area contributed by atoms with Crippen molar-refractivity contribution < 1.29 is 19.1 Å². The van der Waals surface area contributed by atoms with E-state index in [-0.39, 0.29) is 29.4 Å². The molecule has 3 atom stereocenters. The van der Waals surface area contributed by atoms with Gasteiger partial charge in [0.25, 0.3) is 0 Å². The van der Waals surface area contributed by atoms with Crippen molar-refractivity contribution in [3.8, 4) is 11.5 Å². The molecule has 0 bridgehead atoms. The van der Waals surface area contributed by atoms with Gasteiger partial charge in [0.2, 0.25) is 0 Å². The molecule has 6 nitrogen and oxygen atoms in total. The molecule has 0 fully saturated rings. The number of aryl methyl sites for hydroxylation is 1. The Hall–Kier alpha value is -2.73. The lowest BCUT2D eigenvalue weighted by Crippen LogP contribution is -2.39. The highest BCUT2D eigenvalue weighted by molar-refractivity contribution is 6.36. The van der Waals surface area contributed by atoms with E-state index in [0.717, 1.165) is 49.7 Å². The van der Waals surface area contributed by atoms with Crippen molar-refractivity contribution in [3.05, 3.63) is 47.1 Å². The average molecular weight is 511 g/mol. The molecule has 0 radical (unpaired) electrons. The SMILES string of the molecule is C=C(C)[C@@H]1CCC(C)=C[C@@H]1c1c(OC(=O)C(=N)C(C)C)cc(CCCCC)cc1OC(=O)[C@@H](N)C(C)C. The first-order chi connectivity index (χ1) is 17.4. The number of hydrogen-bond donors (Lipinski definition) is 2. The van der Waals surface area contributed by atoms with Crippen LogP contribution in [0.25, 0.3) is 0 Å². The summed E-state index contributed by atoms with van der Waals surface area (Å²) in [4.78, 5) is 26.0. The highest BCUT2D eigenvalue weighted by Crippen LogP contribution is 2.47. The third-order valence-corrected chi connectivity index (χ3v) is 7.15. The van der Waals surface area contributed by atoms with Gasteiger partial charge in [-0.25, -0.2) is 9.59 Å². The van der Waals surface area contributed by atoms with E-state index < -0.39 is 18.0 Å². The largest absolute Gasteiger partial charge is 0.425 e. The van der Waals surface area contributed by atoms with Crippen LogP contribution in [0.2, 0.25) is 0 Å². The minimum atomic E-state index is -0.780. The molecule has 1 aromatic rings. The molecular formula is C31H46N2O4. The van der Waals surface area contributed by atoms with E-state index in [0.29, 0.717) is 17.1 Å². The Morgan fingerprint density at radius 3 is 2.30 bits per heavy atom. The van der Waals surface area contributed by atoms with Gasteiger partial charge in [-0.15, -0.1) is 0 Å². The number of nitrogens with one attached hydrogen (secondary N) is 1. The summed E-state index contributed by atoms with van der Waals surface area (Å²) in [5, 5.41) is 8.21. The van der Waals surface area contributed by atoms with Gasteiger partial charge in [0.1, 0.15) is 23.3 Å². The van der Waals surface area contributed by atoms with E-state index in [2.05, 4.69) is 26.5 Å². The monoisotopic (exact) mass is 510 g/mol. The van der Waals surface area contributed by atoms with Crippen molar-refractivity contribution in [2.45, 2.75) is 99.0 Å². The van der Waals surface area contributed by atoms with Gasteiger partial charge in [0, 0.05) is 17.4 Å². The summed E-state index contributed by atoms with van der Waals surface area (Å²) in [6, 6.07) is 3.00. The quantitative estimate of drug-likeness (QED) is 0.105. The van der Waals surface area contributed by atoms with Crippen LogP contribution in [0.15, 0.2) is 35.9 Å². The fourth-order valence-corrected chi connectivity index (χ4v) is 4.62. The summed E-state index contributed by atoms with van der Waals surface area (Å²) in [7, 11) is 0. The first kappa shape index (κ1) is 30.5. The molecule has 3 N–H and O–H groups in total. The van der Waals surface area contributed by atoms with Crippen LogP contribution in [0.1, 0.15) is 97.6 Å². The van der Waals surface area contributed by atoms with Crippen LogP contribution in [0.3, 0.4) is 0 Å². The van der Waals surface area contributed by atoms with Crippen molar-refractivity contribution in [3.63, 3.8) is 0 Å². The molecule has 2 rings (SSSR count). The van der Waals surface area contributed by atoms with E-state index >= 15 is 0 Å². The van der Waals surface area contributed by atoms with Crippen LogP contribution in [-0.2, 0) is 16.0 Å². The second-order valence-corrected chi connectivity index (χ2v) is 11.1. The maximum absolute atomic E-state index is 13.0. The molecule has 37 heavy (non-hydrogen) atoms. The van der Waals surface area contributed by atoms with Gasteiger partial charge in [0.05, 0.1) is 0 Å². The number of carbonyl (C=O) groups is 2. The Balaban J connectivity index is 2.75. The minimum absolute atomic E-state index is 0.0903. The lowest BCUT2D eigenvalue weighted by molar-refractivity contribution is -0.136. The molecule has 0 aromatic heterocycles. The Morgan fingerprint density at radius 2 is 1.76 bits per heavy atom. The number of carbonyl (C=O) groups excluding carboxylic acids is 2. The van der Waals surface area contributed by atoms with Gasteiger partial charge < -0.3 is 15.2 Å². The van der Waals surface area contributed by atoms with Crippen molar-refractivity contribution >= 4 is 17.7 Å².